The zero-order valence-electron chi connectivity index (χ0n) is 11.4. The van der Waals surface area contributed by atoms with Crippen LogP contribution >= 0.6 is 0 Å². The first-order valence-corrected chi connectivity index (χ1v) is 6.77. The number of rotatable bonds is 5. The third kappa shape index (κ3) is 3.13. The minimum absolute atomic E-state index is 0.402. The number of aromatic nitrogens is 1. The molecule has 0 spiro atoms. The largest absolute Gasteiger partial charge is 0.493 e. The maximum atomic E-state index is 10.9. The van der Waals surface area contributed by atoms with E-state index in [1.165, 1.54) is 0 Å². The molecule has 1 aliphatic rings. The number of hydrogen-bond acceptors (Lipinski definition) is 4. The highest BCUT2D eigenvalue weighted by Crippen LogP contribution is 2.32. The normalized spacial score (nSPS) is 16.1. The monoisotopic (exact) mass is 285 g/mol. The van der Waals surface area contributed by atoms with Crippen LogP contribution in [-0.2, 0) is 17.6 Å². The number of aliphatic carboxylic acids is 1. The molecule has 108 valence electrons. The summed E-state index contributed by atoms with van der Waals surface area (Å²) in [5, 5.41) is 8.96. The van der Waals surface area contributed by atoms with Crippen molar-refractivity contribution in [2.75, 3.05) is 6.61 Å². The smallest absolute Gasteiger partial charge is 0.345 e. The molecule has 21 heavy (non-hydrogen) atoms. The Morgan fingerprint density at radius 1 is 1.38 bits per heavy atom. The van der Waals surface area contributed by atoms with Crippen molar-refractivity contribution < 1.29 is 19.4 Å². The van der Waals surface area contributed by atoms with Crippen LogP contribution in [0.15, 0.2) is 42.6 Å². The topological polar surface area (TPSA) is 68.7 Å². The lowest BCUT2D eigenvalue weighted by Crippen LogP contribution is -2.24. The number of pyridine rings is 1. The summed E-state index contributed by atoms with van der Waals surface area (Å²) in [5.74, 6) is 0.331. The molecule has 0 saturated carbocycles. The molecule has 0 amide bonds. The number of carboxylic acids is 1. The molecule has 3 rings (SSSR count). The van der Waals surface area contributed by atoms with Gasteiger partial charge in [0.15, 0.2) is 6.10 Å². The molecule has 1 aliphatic heterocycles. The van der Waals surface area contributed by atoms with Gasteiger partial charge in [-0.2, -0.15) is 0 Å². The molecule has 1 atom stereocenters. The summed E-state index contributed by atoms with van der Waals surface area (Å²) in [6, 6.07) is 11.2. The molecular weight excluding hydrogens is 270 g/mol. The summed E-state index contributed by atoms with van der Waals surface area (Å²) in [5.41, 5.74) is 1.88. The van der Waals surface area contributed by atoms with Crippen LogP contribution in [0, 0.1) is 0 Å². The number of hydrogen-bond donors (Lipinski definition) is 1. The Morgan fingerprint density at radius 3 is 3.05 bits per heavy atom. The lowest BCUT2D eigenvalue weighted by Gasteiger charge is -2.08. The molecule has 2 aromatic rings. The fourth-order valence-corrected chi connectivity index (χ4v) is 2.25. The van der Waals surface area contributed by atoms with E-state index in [1.807, 2.05) is 30.3 Å². The summed E-state index contributed by atoms with van der Waals surface area (Å²) < 4.78 is 11.0. The number of nitrogens with zero attached hydrogens (tertiary/aromatic N) is 1. The molecule has 1 N–H and O–H groups in total. The van der Waals surface area contributed by atoms with Gasteiger partial charge in [0.1, 0.15) is 11.5 Å². The first kappa shape index (κ1) is 13.4. The predicted octanol–water partition coefficient (Wildman–Crippen LogP) is 2.09. The van der Waals surface area contributed by atoms with E-state index in [1.54, 1.807) is 12.3 Å². The van der Waals surface area contributed by atoms with Crippen LogP contribution < -0.4 is 9.47 Å². The summed E-state index contributed by atoms with van der Waals surface area (Å²) >= 11 is 0. The number of fused-ring (bicyclic) bond motifs is 1. The summed E-state index contributed by atoms with van der Waals surface area (Å²) in [7, 11) is 0. The second-order valence-electron chi connectivity index (χ2n) is 4.84. The Kier molecular flexibility index (Phi) is 3.73. The fraction of sp³-hybridized carbons (Fsp3) is 0.250. The molecule has 1 aromatic carbocycles. The molecule has 0 fully saturated rings. The Hall–Kier alpha value is -2.56. The minimum atomic E-state index is -0.941. The van der Waals surface area contributed by atoms with Crippen molar-refractivity contribution in [2.45, 2.75) is 18.9 Å². The molecule has 0 aliphatic carbocycles. The van der Waals surface area contributed by atoms with E-state index in [2.05, 4.69) is 4.98 Å². The summed E-state index contributed by atoms with van der Waals surface area (Å²) in [4.78, 5) is 15.1. The first-order chi connectivity index (χ1) is 10.2. The molecular formula is C16H15NO4. The van der Waals surface area contributed by atoms with E-state index in [4.69, 9.17) is 14.6 Å². The Balaban J connectivity index is 1.59. The number of carbonyl (C=O) groups is 1. The van der Waals surface area contributed by atoms with Crippen LogP contribution in [0.25, 0.3) is 0 Å². The first-order valence-electron chi connectivity index (χ1n) is 6.77. The Bertz CT molecular complexity index is 642. The third-order valence-corrected chi connectivity index (χ3v) is 3.34. The van der Waals surface area contributed by atoms with Crippen LogP contribution in [0.2, 0.25) is 0 Å². The van der Waals surface area contributed by atoms with Crippen LogP contribution in [0.3, 0.4) is 0 Å². The molecule has 5 nitrogen and oxygen atoms in total. The highest BCUT2D eigenvalue weighted by atomic mass is 16.5. The van der Waals surface area contributed by atoms with Gasteiger partial charge < -0.3 is 14.6 Å². The second-order valence-corrected chi connectivity index (χ2v) is 4.84. The van der Waals surface area contributed by atoms with Crippen molar-refractivity contribution in [1.82, 2.24) is 4.98 Å². The fourth-order valence-electron chi connectivity index (χ4n) is 2.25. The minimum Gasteiger partial charge on any atom is -0.493 e. The van der Waals surface area contributed by atoms with Crippen molar-refractivity contribution in [2.24, 2.45) is 0 Å². The van der Waals surface area contributed by atoms with Crippen molar-refractivity contribution in [3.05, 3.63) is 53.9 Å². The predicted molar refractivity (Wildman–Crippen MR) is 75.6 cm³/mol. The van der Waals surface area contributed by atoms with Crippen LogP contribution in [0.5, 0.6) is 11.5 Å². The molecule has 5 heteroatoms. The summed E-state index contributed by atoms with van der Waals surface area (Å²) in [6.07, 6.45) is 2.09. The standard InChI is InChI=1S/C16H15NO4/c18-16(19)15-9-11-4-5-13(10-14(11)21-15)20-8-6-12-3-1-2-7-17-12/h1-5,7,10,15H,6,8-9H2,(H,18,19). The summed E-state index contributed by atoms with van der Waals surface area (Å²) in [6.45, 7) is 0.512. The SMILES string of the molecule is O=C(O)C1Cc2ccc(OCCc3ccccn3)cc2O1. The molecule has 1 unspecified atom stereocenters. The van der Waals surface area contributed by atoms with Crippen LogP contribution in [0.1, 0.15) is 11.3 Å². The second kappa shape index (κ2) is 5.83. The number of carboxylic acid groups (broad SMARTS) is 1. The van der Waals surface area contributed by atoms with Gasteiger partial charge in [0.05, 0.1) is 6.61 Å². The van der Waals surface area contributed by atoms with E-state index in [0.29, 0.717) is 24.5 Å². The Labute approximate surface area is 122 Å². The number of ether oxygens (including phenoxy) is 2. The molecule has 1 aromatic heterocycles. The molecule has 0 saturated heterocycles. The van der Waals surface area contributed by atoms with Crippen molar-refractivity contribution in [1.29, 1.82) is 0 Å². The molecule has 0 radical (unpaired) electrons. The van der Waals surface area contributed by atoms with Gasteiger partial charge in [-0.05, 0) is 23.8 Å². The van der Waals surface area contributed by atoms with Gasteiger partial charge >= 0.3 is 5.97 Å². The Morgan fingerprint density at radius 2 is 2.29 bits per heavy atom. The van der Waals surface area contributed by atoms with Gasteiger partial charge in [-0.3, -0.25) is 4.98 Å². The molecule has 2 heterocycles. The lowest BCUT2D eigenvalue weighted by molar-refractivity contribution is -0.144. The quantitative estimate of drug-likeness (QED) is 0.911. The van der Waals surface area contributed by atoms with Crippen molar-refractivity contribution in [3.63, 3.8) is 0 Å². The van der Waals surface area contributed by atoms with E-state index in [-0.39, 0.29) is 0 Å². The van der Waals surface area contributed by atoms with Gasteiger partial charge in [0.25, 0.3) is 0 Å². The highest BCUT2D eigenvalue weighted by molar-refractivity contribution is 5.74. The van der Waals surface area contributed by atoms with Gasteiger partial charge in [-0.15, -0.1) is 0 Å². The maximum absolute atomic E-state index is 10.9. The average Bonchev–Trinajstić information content (AvgIpc) is 2.92. The molecule has 0 bridgehead atoms. The zero-order valence-corrected chi connectivity index (χ0v) is 11.4. The van der Waals surface area contributed by atoms with Crippen molar-refractivity contribution >= 4 is 5.97 Å². The highest BCUT2D eigenvalue weighted by Gasteiger charge is 2.28. The van der Waals surface area contributed by atoms with E-state index >= 15 is 0 Å². The number of benzene rings is 1. The van der Waals surface area contributed by atoms with Gasteiger partial charge in [-0.1, -0.05) is 12.1 Å². The lowest BCUT2D eigenvalue weighted by atomic mass is 10.1. The van der Waals surface area contributed by atoms with E-state index in [0.717, 1.165) is 17.7 Å². The maximum Gasteiger partial charge on any atom is 0.345 e. The van der Waals surface area contributed by atoms with E-state index < -0.39 is 12.1 Å². The van der Waals surface area contributed by atoms with Crippen molar-refractivity contribution in [3.8, 4) is 11.5 Å². The van der Waals surface area contributed by atoms with Gasteiger partial charge in [-0.25, -0.2) is 4.79 Å². The van der Waals surface area contributed by atoms with Gasteiger partial charge in [0, 0.05) is 30.8 Å². The average molecular weight is 285 g/mol. The third-order valence-electron chi connectivity index (χ3n) is 3.34. The zero-order chi connectivity index (χ0) is 14.7. The van der Waals surface area contributed by atoms with E-state index in [9.17, 15) is 4.79 Å². The van der Waals surface area contributed by atoms with Crippen LogP contribution in [-0.4, -0.2) is 28.8 Å². The van der Waals surface area contributed by atoms with Gasteiger partial charge in [0.2, 0.25) is 0 Å². The van der Waals surface area contributed by atoms with Crippen LogP contribution in [0.4, 0.5) is 0 Å².